The number of hydrogen-bond donors (Lipinski definition) is 2. The van der Waals surface area contributed by atoms with Crippen LogP contribution < -0.4 is 5.32 Å². The van der Waals surface area contributed by atoms with E-state index >= 15 is 0 Å². The van der Waals surface area contributed by atoms with Crippen LogP contribution in [0.5, 0.6) is 0 Å². The van der Waals surface area contributed by atoms with Crippen LogP contribution in [-0.2, 0) is 6.42 Å². The van der Waals surface area contributed by atoms with Crippen molar-refractivity contribution in [2.24, 2.45) is 0 Å². The van der Waals surface area contributed by atoms with E-state index in [9.17, 15) is 0 Å². The Morgan fingerprint density at radius 3 is 3.06 bits per heavy atom. The van der Waals surface area contributed by atoms with Crippen molar-refractivity contribution in [3.05, 3.63) is 23.8 Å². The van der Waals surface area contributed by atoms with Crippen molar-refractivity contribution in [1.82, 2.24) is 4.98 Å². The van der Waals surface area contributed by atoms with Gasteiger partial charge in [0.2, 0.25) is 0 Å². The molecule has 3 nitrogen and oxygen atoms in total. The van der Waals surface area contributed by atoms with Crippen LogP contribution in [0.15, 0.2) is 18.2 Å². The predicted octanol–water partition coefficient (Wildman–Crippen LogP) is 3.04. The third kappa shape index (κ3) is 3.17. The van der Waals surface area contributed by atoms with Gasteiger partial charge in [-0.1, -0.05) is 30.7 Å². The summed E-state index contributed by atoms with van der Waals surface area (Å²) in [6.45, 7) is 3.18. The number of anilines is 1. The van der Waals surface area contributed by atoms with Crippen LogP contribution in [0.4, 0.5) is 5.13 Å². The zero-order valence-corrected chi connectivity index (χ0v) is 10.9. The summed E-state index contributed by atoms with van der Waals surface area (Å²) in [6, 6.07) is 6.50. The van der Waals surface area contributed by atoms with Crippen LogP contribution in [0.2, 0.25) is 0 Å². The molecule has 0 aliphatic heterocycles. The molecule has 0 aliphatic carbocycles. The van der Waals surface area contributed by atoms with Gasteiger partial charge in [0.15, 0.2) is 5.13 Å². The van der Waals surface area contributed by atoms with Crippen molar-refractivity contribution < 1.29 is 5.11 Å². The first-order valence-corrected chi connectivity index (χ1v) is 6.89. The number of rotatable bonds is 6. The number of aliphatic hydroxyl groups is 1. The number of nitrogens with zero attached hydrogens (tertiary/aromatic N) is 1. The highest BCUT2D eigenvalue weighted by Gasteiger charge is 2.03. The highest BCUT2D eigenvalue weighted by molar-refractivity contribution is 7.22. The van der Waals surface area contributed by atoms with Crippen molar-refractivity contribution in [3.63, 3.8) is 0 Å². The average molecular weight is 250 g/mol. The molecule has 0 spiro atoms. The van der Waals surface area contributed by atoms with E-state index in [1.54, 1.807) is 11.3 Å². The molecule has 1 aromatic heterocycles. The molecule has 0 saturated carbocycles. The minimum atomic E-state index is 0.221. The lowest BCUT2D eigenvalue weighted by atomic mass is 10.1. The van der Waals surface area contributed by atoms with E-state index in [-0.39, 0.29) is 6.61 Å². The molecule has 0 bridgehead atoms. The zero-order valence-electron chi connectivity index (χ0n) is 10.1. The third-order valence-electron chi connectivity index (χ3n) is 2.60. The molecule has 0 unspecified atom stereocenters. The molecular formula is C13H18N2OS. The Labute approximate surface area is 106 Å². The van der Waals surface area contributed by atoms with Crippen LogP contribution in [0.3, 0.4) is 0 Å². The molecule has 2 N–H and O–H groups in total. The van der Waals surface area contributed by atoms with Gasteiger partial charge in [0.25, 0.3) is 0 Å². The summed E-state index contributed by atoms with van der Waals surface area (Å²) in [7, 11) is 0. The van der Waals surface area contributed by atoms with Gasteiger partial charge < -0.3 is 10.4 Å². The summed E-state index contributed by atoms with van der Waals surface area (Å²) in [5.74, 6) is 0. The first-order chi connectivity index (χ1) is 8.33. The molecule has 0 fully saturated rings. The quantitative estimate of drug-likeness (QED) is 0.775. The second-order valence-electron chi connectivity index (χ2n) is 4.08. The van der Waals surface area contributed by atoms with Crippen molar-refractivity contribution in [3.8, 4) is 0 Å². The van der Waals surface area contributed by atoms with Gasteiger partial charge in [-0.3, -0.25) is 0 Å². The Hall–Kier alpha value is -1.13. The molecule has 92 valence electrons. The number of aromatic nitrogens is 1. The summed E-state index contributed by atoms with van der Waals surface area (Å²) in [4.78, 5) is 4.55. The van der Waals surface area contributed by atoms with Gasteiger partial charge in [-0.15, -0.1) is 0 Å². The molecule has 0 saturated heterocycles. The normalized spacial score (nSPS) is 10.9. The molecule has 17 heavy (non-hydrogen) atoms. The van der Waals surface area contributed by atoms with Gasteiger partial charge in [0.1, 0.15) is 0 Å². The molecule has 0 radical (unpaired) electrons. The van der Waals surface area contributed by atoms with E-state index in [0.717, 1.165) is 36.5 Å². The molecule has 4 heteroatoms. The van der Waals surface area contributed by atoms with E-state index in [0.29, 0.717) is 0 Å². The summed E-state index contributed by atoms with van der Waals surface area (Å²) in [6.07, 6.45) is 3.04. The number of hydrogen-bond acceptors (Lipinski definition) is 4. The molecule has 0 aliphatic rings. The maximum absolute atomic E-state index is 8.72. The first kappa shape index (κ1) is 12.3. The van der Waals surface area contributed by atoms with Crippen LogP contribution in [-0.4, -0.2) is 23.2 Å². The fourth-order valence-electron chi connectivity index (χ4n) is 1.77. The van der Waals surface area contributed by atoms with Crippen molar-refractivity contribution in [2.45, 2.75) is 26.2 Å². The second kappa shape index (κ2) is 5.98. The Morgan fingerprint density at radius 2 is 2.29 bits per heavy atom. The lowest BCUT2D eigenvalue weighted by molar-refractivity contribution is 0.292. The predicted molar refractivity (Wildman–Crippen MR) is 73.8 cm³/mol. The number of fused-ring (bicyclic) bond motifs is 1. The Morgan fingerprint density at radius 1 is 1.41 bits per heavy atom. The minimum absolute atomic E-state index is 0.221. The highest BCUT2D eigenvalue weighted by atomic mass is 32.1. The SMILES string of the molecule is CCCc1ccc2sc(NCCCO)nc2c1. The largest absolute Gasteiger partial charge is 0.396 e. The van der Waals surface area contributed by atoms with Gasteiger partial charge in [-0.2, -0.15) is 0 Å². The lowest BCUT2D eigenvalue weighted by Crippen LogP contribution is -2.02. The van der Waals surface area contributed by atoms with Crippen LogP contribution in [0.25, 0.3) is 10.2 Å². The van der Waals surface area contributed by atoms with E-state index in [1.165, 1.54) is 10.3 Å². The Balaban J connectivity index is 2.12. The number of aliphatic hydroxyl groups excluding tert-OH is 1. The van der Waals surface area contributed by atoms with E-state index < -0.39 is 0 Å². The van der Waals surface area contributed by atoms with Crippen LogP contribution >= 0.6 is 11.3 Å². The standard InChI is InChI=1S/C13H18N2OS/c1-2-4-10-5-6-12-11(9-10)15-13(17-12)14-7-3-8-16/h5-6,9,16H,2-4,7-8H2,1H3,(H,14,15). The monoisotopic (exact) mass is 250 g/mol. The highest BCUT2D eigenvalue weighted by Crippen LogP contribution is 2.26. The first-order valence-electron chi connectivity index (χ1n) is 6.07. The molecule has 2 aromatic rings. The minimum Gasteiger partial charge on any atom is -0.396 e. The summed E-state index contributed by atoms with van der Waals surface area (Å²) in [5, 5.41) is 12.9. The number of aryl methyl sites for hydroxylation is 1. The maximum atomic E-state index is 8.72. The maximum Gasteiger partial charge on any atom is 0.183 e. The van der Waals surface area contributed by atoms with Crippen molar-refractivity contribution in [2.75, 3.05) is 18.5 Å². The van der Waals surface area contributed by atoms with E-state index in [2.05, 4.69) is 35.4 Å². The second-order valence-corrected chi connectivity index (χ2v) is 5.11. The average Bonchev–Trinajstić information content (AvgIpc) is 2.72. The number of thiazole rings is 1. The van der Waals surface area contributed by atoms with Gasteiger partial charge in [-0.05, 0) is 30.5 Å². The zero-order chi connectivity index (χ0) is 12.1. The van der Waals surface area contributed by atoms with Crippen molar-refractivity contribution in [1.29, 1.82) is 0 Å². The summed E-state index contributed by atoms with van der Waals surface area (Å²) >= 11 is 1.67. The Kier molecular flexibility index (Phi) is 4.34. The van der Waals surface area contributed by atoms with Crippen LogP contribution in [0.1, 0.15) is 25.3 Å². The van der Waals surface area contributed by atoms with Crippen LogP contribution in [0, 0.1) is 0 Å². The Bertz CT molecular complexity index is 481. The molecule has 1 aromatic carbocycles. The fourth-order valence-corrected chi connectivity index (χ4v) is 2.64. The van der Waals surface area contributed by atoms with Gasteiger partial charge >= 0.3 is 0 Å². The fraction of sp³-hybridized carbons (Fsp3) is 0.462. The lowest BCUT2D eigenvalue weighted by Gasteiger charge is -1.98. The topological polar surface area (TPSA) is 45.1 Å². The molecule has 0 atom stereocenters. The van der Waals surface area contributed by atoms with E-state index in [4.69, 9.17) is 5.11 Å². The number of nitrogens with one attached hydrogen (secondary N) is 1. The smallest absolute Gasteiger partial charge is 0.183 e. The third-order valence-corrected chi connectivity index (χ3v) is 3.60. The molecule has 0 amide bonds. The van der Waals surface area contributed by atoms with Gasteiger partial charge in [0, 0.05) is 13.2 Å². The molecular weight excluding hydrogens is 232 g/mol. The van der Waals surface area contributed by atoms with Gasteiger partial charge in [0.05, 0.1) is 10.2 Å². The van der Waals surface area contributed by atoms with Gasteiger partial charge in [-0.25, -0.2) is 4.98 Å². The number of benzene rings is 1. The molecule has 2 rings (SSSR count). The molecule has 1 heterocycles. The van der Waals surface area contributed by atoms with Crippen molar-refractivity contribution >= 4 is 26.7 Å². The summed E-state index contributed by atoms with van der Waals surface area (Å²) < 4.78 is 1.22. The summed E-state index contributed by atoms with van der Waals surface area (Å²) in [5.41, 5.74) is 2.43. The van der Waals surface area contributed by atoms with E-state index in [1.807, 2.05) is 0 Å².